The Kier molecular flexibility index (Phi) is 6.15. The van der Waals surface area contributed by atoms with Gasteiger partial charge in [0, 0.05) is 14.7 Å². The van der Waals surface area contributed by atoms with Crippen LogP contribution in [0.15, 0.2) is 172 Å². The van der Waals surface area contributed by atoms with Crippen LogP contribution in [0.2, 0.25) is 0 Å². The summed E-state index contributed by atoms with van der Waals surface area (Å²) in [5.74, 6) is 0. The summed E-state index contributed by atoms with van der Waals surface area (Å²) in [4.78, 5) is 3.81. The summed E-state index contributed by atoms with van der Waals surface area (Å²) in [6.07, 6.45) is 6.46. The normalized spacial score (nSPS) is 19.1. The van der Waals surface area contributed by atoms with Crippen LogP contribution < -0.4 is 0 Å². The van der Waals surface area contributed by atoms with Gasteiger partial charge in [-0.15, -0.1) is 0 Å². The highest BCUT2D eigenvalue weighted by atomic mass is 32.2. The molecule has 0 aromatic heterocycles. The Labute approximate surface area is 238 Å². The van der Waals surface area contributed by atoms with Crippen LogP contribution >= 0.6 is 23.5 Å². The average molecular weight is 535 g/mol. The molecule has 2 heteroatoms. The van der Waals surface area contributed by atoms with Gasteiger partial charge in [0.25, 0.3) is 0 Å². The fourth-order valence-electron chi connectivity index (χ4n) is 6.01. The Morgan fingerprint density at radius 3 is 1.95 bits per heavy atom. The standard InChI is InChI=1S/C37H26S2/c1-26-14-10-11-25-38-33-23-9-8-21-31(33)37(26)32-22-12-20-30(28-17-6-3-7-18-28)36(32)39-34-24-13-19-29(35(34)37)27-15-4-2-5-16-27/h2-25H,1H2/b14-10-,25-11-. The maximum absolute atomic E-state index is 4.83. The third kappa shape index (κ3) is 3.86. The molecule has 0 saturated heterocycles. The third-order valence-corrected chi connectivity index (χ3v) is 9.76. The van der Waals surface area contributed by atoms with E-state index in [1.807, 2.05) is 11.8 Å². The first kappa shape index (κ1) is 24.1. The Bertz CT molecular complexity index is 1760. The molecule has 0 bridgehead atoms. The van der Waals surface area contributed by atoms with Crippen molar-refractivity contribution in [2.45, 2.75) is 20.1 Å². The highest BCUT2D eigenvalue weighted by Gasteiger charge is 2.47. The summed E-state index contributed by atoms with van der Waals surface area (Å²) in [5.41, 5.74) is 9.32. The van der Waals surface area contributed by atoms with E-state index < -0.39 is 5.41 Å². The summed E-state index contributed by atoms with van der Waals surface area (Å²) in [6, 6.07) is 44.0. The maximum Gasteiger partial charge on any atom is 0.0734 e. The average Bonchev–Trinajstić information content (AvgIpc) is 3.06. The van der Waals surface area contributed by atoms with Crippen LogP contribution in [-0.4, -0.2) is 0 Å². The van der Waals surface area contributed by atoms with Gasteiger partial charge in [-0.05, 0) is 62.1 Å². The lowest BCUT2D eigenvalue weighted by molar-refractivity contribution is 0.692. The van der Waals surface area contributed by atoms with Gasteiger partial charge in [-0.25, -0.2) is 0 Å². The predicted molar refractivity (Wildman–Crippen MR) is 167 cm³/mol. The Morgan fingerprint density at radius 2 is 1.15 bits per heavy atom. The SMILES string of the molecule is C=C1/C=C\C=C/Sc2ccccc2C12c1cccc(-c3ccccc3)c1Sc1cccc(-c3ccccc3)c12. The highest BCUT2D eigenvalue weighted by molar-refractivity contribution is 8.02. The first-order chi connectivity index (χ1) is 19.3. The Balaban J connectivity index is 1.66. The van der Waals surface area contributed by atoms with Gasteiger partial charge < -0.3 is 0 Å². The summed E-state index contributed by atoms with van der Waals surface area (Å²) >= 11 is 3.66. The molecule has 7 rings (SSSR count). The van der Waals surface area contributed by atoms with E-state index in [9.17, 15) is 0 Å². The van der Waals surface area contributed by atoms with E-state index in [0.29, 0.717) is 0 Å². The van der Waals surface area contributed by atoms with Gasteiger partial charge in [-0.1, -0.05) is 158 Å². The monoisotopic (exact) mass is 534 g/mol. The second kappa shape index (κ2) is 9.96. The zero-order valence-corrected chi connectivity index (χ0v) is 23.0. The van der Waals surface area contributed by atoms with Gasteiger partial charge in [0.1, 0.15) is 0 Å². The fourth-order valence-corrected chi connectivity index (χ4v) is 8.19. The topological polar surface area (TPSA) is 0 Å². The number of benzene rings is 5. The van der Waals surface area contributed by atoms with Crippen LogP contribution in [0.4, 0.5) is 0 Å². The van der Waals surface area contributed by atoms with E-state index >= 15 is 0 Å². The van der Waals surface area contributed by atoms with Crippen LogP contribution in [-0.2, 0) is 5.41 Å². The molecule has 0 radical (unpaired) electrons. The Morgan fingerprint density at radius 1 is 0.538 bits per heavy atom. The fraction of sp³-hybridized carbons (Fsp3) is 0.0270. The van der Waals surface area contributed by atoms with Crippen molar-refractivity contribution in [1.29, 1.82) is 0 Å². The van der Waals surface area contributed by atoms with Gasteiger partial charge in [-0.2, -0.15) is 0 Å². The highest BCUT2D eigenvalue weighted by Crippen LogP contribution is 2.61. The second-order valence-corrected chi connectivity index (χ2v) is 11.8. The Hall–Kier alpha value is -3.98. The lowest BCUT2D eigenvalue weighted by Gasteiger charge is -2.44. The van der Waals surface area contributed by atoms with Crippen molar-refractivity contribution >= 4 is 23.5 Å². The van der Waals surface area contributed by atoms with E-state index in [0.717, 1.165) is 5.57 Å². The van der Waals surface area contributed by atoms with Gasteiger partial charge in [0.05, 0.1) is 5.41 Å². The van der Waals surface area contributed by atoms with Crippen molar-refractivity contribution in [2.24, 2.45) is 0 Å². The van der Waals surface area contributed by atoms with E-state index in [-0.39, 0.29) is 0 Å². The number of hydrogen-bond acceptors (Lipinski definition) is 2. The lowest BCUT2D eigenvalue weighted by atomic mass is 9.62. The number of hydrogen-bond donors (Lipinski definition) is 0. The number of thioether (sulfide) groups is 1. The van der Waals surface area contributed by atoms with Crippen LogP contribution in [0.25, 0.3) is 22.3 Å². The molecule has 1 unspecified atom stereocenters. The van der Waals surface area contributed by atoms with Crippen LogP contribution in [0, 0.1) is 0 Å². The van der Waals surface area contributed by atoms with Crippen molar-refractivity contribution in [1.82, 2.24) is 0 Å². The minimum Gasteiger partial charge on any atom is -0.0977 e. The first-order valence-corrected chi connectivity index (χ1v) is 14.8. The quantitative estimate of drug-likeness (QED) is 0.221. The maximum atomic E-state index is 4.83. The molecule has 0 N–H and O–H groups in total. The van der Waals surface area contributed by atoms with Crippen molar-refractivity contribution in [3.05, 3.63) is 174 Å². The van der Waals surface area contributed by atoms with E-state index in [1.54, 1.807) is 11.8 Å². The first-order valence-electron chi connectivity index (χ1n) is 13.1. The molecule has 0 aliphatic carbocycles. The largest absolute Gasteiger partial charge is 0.0977 e. The van der Waals surface area contributed by atoms with Gasteiger partial charge in [0.2, 0.25) is 0 Å². The van der Waals surface area contributed by atoms with Crippen LogP contribution in [0.1, 0.15) is 16.7 Å². The minimum absolute atomic E-state index is 0.570. The lowest BCUT2D eigenvalue weighted by Crippen LogP contribution is -2.35. The number of allylic oxidation sites excluding steroid dienone is 4. The van der Waals surface area contributed by atoms with E-state index in [1.165, 1.54) is 53.6 Å². The van der Waals surface area contributed by atoms with Gasteiger partial charge in [-0.3, -0.25) is 0 Å². The molecule has 0 amide bonds. The molecule has 1 atom stereocenters. The molecule has 5 aromatic carbocycles. The molecular formula is C37H26S2. The molecule has 5 aromatic rings. The molecule has 1 spiro atoms. The van der Waals surface area contributed by atoms with Crippen molar-refractivity contribution in [2.75, 3.05) is 0 Å². The van der Waals surface area contributed by atoms with Crippen LogP contribution in [0.3, 0.4) is 0 Å². The summed E-state index contributed by atoms with van der Waals surface area (Å²) in [5, 5.41) is 2.17. The number of rotatable bonds is 2. The molecule has 2 aliphatic rings. The van der Waals surface area contributed by atoms with Crippen molar-refractivity contribution < 1.29 is 0 Å². The molecular weight excluding hydrogens is 509 g/mol. The predicted octanol–water partition coefficient (Wildman–Crippen LogP) is 10.6. The molecule has 186 valence electrons. The summed E-state index contributed by atoms with van der Waals surface area (Å²) in [7, 11) is 0. The summed E-state index contributed by atoms with van der Waals surface area (Å²) < 4.78 is 0. The minimum atomic E-state index is -0.570. The second-order valence-electron chi connectivity index (χ2n) is 9.77. The molecule has 0 fully saturated rings. The zero-order chi connectivity index (χ0) is 26.2. The molecule has 39 heavy (non-hydrogen) atoms. The smallest absolute Gasteiger partial charge is 0.0734 e. The van der Waals surface area contributed by atoms with Gasteiger partial charge >= 0.3 is 0 Å². The summed E-state index contributed by atoms with van der Waals surface area (Å²) in [6.45, 7) is 4.83. The van der Waals surface area contributed by atoms with Crippen LogP contribution in [0.5, 0.6) is 0 Å². The molecule has 2 heterocycles. The number of fused-ring (bicyclic) bond motifs is 6. The molecule has 0 saturated carbocycles. The van der Waals surface area contributed by atoms with Crippen molar-refractivity contribution in [3.63, 3.8) is 0 Å². The van der Waals surface area contributed by atoms with E-state index in [4.69, 9.17) is 6.58 Å². The zero-order valence-electron chi connectivity index (χ0n) is 21.4. The van der Waals surface area contributed by atoms with E-state index in [2.05, 4.69) is 145 Å². The molecule has 2 aliphatic heterocycles. The third-order valence-electron chi connectivity index (χ3n) is 7.66. The molecule has 0 nitrogen and oxygen atoms in total. The van der Waals surface area contributed by atoms with Crippen molar-refractivity contribution in [3.8, 4) is 22.3 Å². The van der Waals surface area contributed by atoms with Gasteiger partial charge in [0.15, 0.2) is 0 Å².